The molecule has 28 heavy (non-hydrogen) atoms. The monoisotopic (exact) mass is 443 g/mol. The summed E-state index contributed by atoms with van der Waals surface area (Å²) in [5, 5.41) is 25.2. The van der Waals surface area contributed by atoms with Crippen LogP contribution in [0.2, 0.25) is 0 Å². The second-order valence-electron chi connectivity index (χ2n) is 4.54. The maximum Gasteiger partial charge on any atom is 0.289 e. The quantitative estimate of drug-likeness (QED) is 0.121. The van der Waals surface area contributed by atoms with Crippen LogP contribution in [0.1, 0.15) is 20.8 Å². The molecule has 0 radical (unpaired) electrons. The van der Waals surface area contributed by atoms with Crippen molar-refractivity contribution in [2.24, 2.45) is 17.2 Å². The van der Waals surface area contributed by atoms with E-state index in [4.69, 9.17) is 15.3 Å². The van der Waals surface area contributed by atoms with E-state index in [1.54, 1.807) is 0 Å². The number of rotatable bonds is 6. The fourth-order valence-corrected chi connectivity index (χ4v) is 0.783. The van der Waals surface area contributed by atoms with Gasteiger partial charge < -0.3 is 32.5 Å². The van der Waals surface area contributed by atoms with Gasteiger partial charge in [-0.25, -0.2) is 0 Å². The predicted octanol–water partition coefficient (Wildman–Crippen LogP) is -1.49. The van der Waals surface area contributed by atoms with Gasteiger partial charge in [-0.3, -0.25) is 28.8 Å². The van der Waals surface area contributed by atoms with Crippen LogP contribution in [0.15, 0.2) is 35.5 Å². The second kappa shape index (κ2) is 17.0. The third-order valence-electron chi connectivity index (χ3n) is 1.75. The summed E-state index contributed by atoms with van der Waals surface area (Å²) in [7, 11) is 0. The van der Waals surface area contributed by atoms with Gasteiger partial charge in [-0.05, 0) is 20.8 Å². The zero-order valence-corrected chi connectivity index (χ0v) is 16.2. The van der Waals surface area contributed by atoms with Crippen molar-refractivity contribution in [2.75, 3.05) is 0 Å². The van der Waals surface area contributed by atoms with Crippen LogP contribution in [0.5, 0.6) is 0 Å². The van der Waals surface area contributed by atoms with E-state index >= 15 is 0 Å². The molecule has 13 heteroatoms. The van der Waals surface area contributed by atoms with E-state index in [2.05, 4.69) is 17.2 Å². The van der Waals surface area contributed by atoms with Gasteiger partial charge in [-0.1, -0.05) is 0 Å². The van der Waals surface area contributed by atoms with Gasteiger partial charge in [-0.2, -0.15) is 0 Å². The number of ketones is 3. The summed E-state index contributed by atoms with van der Waals surface area (Å²) in [6.07, 6.45) is 2.30. The number of carbonyl (C=O) groups is 6. The minimum Gasteiger partial charge on any atom is -0.512 e. The average Bonchev–Trinajstić information content (AvgIpc) is 2.46. The van der Waals surface area contributed by atoms with Crippen LogP contribution in [0.3, 0.4) is 0 Å². The van der Waals surface area contributed by atoms with Crippen LogP contribution in [0.4, 0.5) is 0 Å². The van der Waals surface area contributed by atoms with Crippen LogP contribution in [-0.4, -0.2) is 50.4 Å². The molecule has 158 valence electrons. The molecule has 3 amide bonds. The van der Waals surface area contributed by atoms with Crippen LogP contribution in [0.25, 0.3) is 0 Å². The molecule has 0 aliphatic heterocycles. The van der Waals surface area contributed by atoms with Crippen molar-refractivity contribution in [1.82, 2.24) is 0 Å². The van der Waals surface area contributed by atoms with Crippen LogP contribution in [0, 0.1) is 0 Å². The standard InChI is InChI=1S/3C5H7NO3.Fe/c3*1-3(7)2-4(8)5(6)9;/h3*2,7H,1H3,(H2,6,9);. The summed E-state index contributed by atoms with van der Waals surface area (Å²) in [5.41, 5.74) is 13.6. The van der Waals surface area contributed by atoms with Gasteiger partial charge in [0.05, 0.1) is 17.3 Å². The third kappa shape index (κ3) is 24.8. The van der Waals surface area contributed by atoms with Crippen molar-refractivity contribution >= 4 is 35.1 Å². The topological polar surface area (TPSA) is 241 Å². The minimum absolute atomic E-state index is 0. The van der Waals surface area contributed by atoms with Gasteiger partial charge in [0, 0.05) is 35.3 Å². The first-order valence-electron chi connectivity index (χ1n) is 6.74. The fraction of sp³-hybridized carbons (Fsp3) is 0.200. The number of aliphatic hydroxyl groups is 3. The van der Waals surface area contributed by atoms with Crippen molar-refractivity contribution in [3.05, 3.63) is 35.5 Å². The van der Waals surface area contributed by atoms with E-state index in [0.717, 1.165) is 18.2 Å². The number of carbonyl (C=O) groups excluding carboxylic acids is 6. The zero-order chi connectivity index (χ0) is 22.3. The molecular weight excluding hydrogens is 422 g/mol. The molecule has 0 heterocycles. The number of aliphatic hydroxyl groups excluding tert-OH is 3. The number of primary amides is 3. The summed E-state index contributed by atoms with van der Waals surface area (Å²) in [5.74, 6) is -6.55. The Morgan fingerprint density at radius 2 is 0.679 bits per heavy atom. The molecule has 0 saturated carbocycles. The van der Waals surface area contributed by atoms with Crippen molar-refractivity contribution in [3.63, 3.8) is 0 Å². The Morgan fingerprint density at radius 1 is 0.536 bits per heavy atom. The van der Waals surface area contributed by atoms with Crippen molar-refractivity contribution in [1.29, 1.82) is 0 Å². The van der Waals surface area contributed by atoms with Gasteiger partial charge in [-0.15, -0.1) is 0 Å². The largest absolute Gasteiger partial charge is 0.512 e. The average molecular weight is 443 g/mol. The predicted molar refractivity (Wildman–Crippen MR) is 91.8 cm³/mol. The summed E-state index contributed by atoms with van der Waals surface area (Å²) < 4.78 is 0. The normalized spacial score (nSPS) is 10.6. The van der Waals surface area contributed by atoms with Gasteiger partial charge in [0.25, 0.3) is 17.7 Å². The molecule has 0 saturated heterocycles. The number of nitrogens with two attached hydrogens (primary N) is 3. The Balaban J connectivity index is -0.000000152. The Labute approximate surface area is 170 Å². The molecule has 9 N–H and O–H groups in total. The molecule has 0 aromatic carbocycles. The number of hydrogen-bond donors (Lipinski definition) is 6. The Hall–Kier alpha value is -3.44. The summed E-state index contributed by atoms with van der Waals surface area (Å²) in [4.78, 5) is 60.6. The molecule has 0 aliphatic rings. The Bertz CT molecular complexity index is 602. The van der Waals surface area contributed by atoms with E-state index < -0.39 is 35.1 Å². The summed E-state index contributed by atoms with van der Waals surface area (Å²) >= 11 is 0. The molecule has 0 spiro atoms. The minimum atomic E-state index is -1.07. The third-order valence-corrected chi connectivity index (χ3v) is 1.75. The molecule has 12 nitrogen and oxygen atoms in total. The van der Waals surface area contributed by atoms with Crippen LogP contribution >= 0.6 is 0 Å². The Kier molecular flexibility index (Phi) is 19.6. The first-order chi connectivity index (χ1) is 12.1. The van der Waals surface area contributed by atoms with E-state index in [9.17, 15) is 28.8 Å². The smallest absolute Gasteiger partial charge is 0.289 e. The molecule has 0 rings (SSSR count). The van der Waals surface area contributed by atoms with E-state index in [1.165, 1.54) is 20.8 Å². The van der Waals surface area contributed by atoms with Gasteiger partial charge in [0.1, 0.15) is 0 Å². The van der Waals surface area contributed by atoms with Crippen molar-refractivity contribution in [2.45, 2.75) is 20.8 Å². The van der Waals surface area contributed by atoms with Crippen LogP contribution in [-0.2, 0) is 45.8 Å². The SMILES string of the molecule is CC(O)=CC(=O)C(N)=O.CC(O)=CC(=O)C(N)=O.CC(O)=CC(=O)C(N)=O.[Fe]. The van der Waals surface area contributed by atoms with E-state index in [0.29, 0.717) is 0 Å². The summed E-state index contributed by atoms with van der Waals surface area (Å²) in [6.45, 7) is 3.84. The number of amides is 3. The maximum absolute atomic E-state index is 10.2. The summed E-state index contributed by atoms with van der Waals surface area (Å²) in [6, 6.07) is 0. The van der Waals surface area contributed by atoms with Gasteiger partial charge in [0.2, 0.25) is 17.3 Å². The number of hydrogen-bond acceptors (Lipinski definition) is 9. The Morgan fingerprint density at radius 3 is 0.714 bits per heavy atom. The molecule has 0 aromatic heterocycles. The van der Waals surface area contributed by atoms with Gasteiger partial charge in [0.15, 0.2) is 0 Å². The first-order valence-corrected chi connectivity index (χ1v) is 6.74. The maximum atomic E-state index is 10.2. The van der Waals surface area contributed by atoms with E-state index in [-0.39, 0.29) is 34.3 Å². The fourth-order valence-electron chi connectivity index (χ4n) is 0.783. The molecule has 0 aliphatic carbocycles. The van der Waals surface area contributed by atoms with Crippen molar-refractivity contribution in [3.8, 4) is 0 Å². The van der Waals surface area contributed by atoms with Crippen LogP contribution < -0.4 is 17.2 Å². The molecule has 0 unspecified atom stereocenters. The van der Waals surface area contributed by atoms with E-state index in [1.807, 2.05) is 0 Å². The number of allylic oxidation sites excluding steroid dienone is 3. The second-order valence-corrected chi connectivity index (χ2v) is 4.54. The molecular formula is C15H21FeN3O9. The molecule has 0 fully saturated rings. The molecule has 0 atom stereocenters. The molecule has 0 aromatic rings. The van der Waals surface area contributed by atoms with Gasteiger partial charge >= 0.3 is 0 Å². The first kappa shape index (κ1) is 32.2. The zero-order valence-electron chi connectivity index (χ0n) is 15.1. The molecule has 0 bridgehead atoms. The van der Waals surface area contributed by atoms with Crippen molar-refractivity contribution < 1.29 is 61.2 Å².